The maximum absolute atomic E-state index is 12.9. The molecule has 0 spiro atoms. The van der Waals surface area contributed by atoms with Gasteiger partial charge in [-0.3, -0.25) is 4.79 Å². The lowest BCUT2D eigenvalue weighted by Crippen LogP contribution is -2.41. The number of hydrogen-bond acceptors (Lipinski definition) is 6. The maximum atomic E-state index is 12.9. The summed E-state index contributed by atoms with van der Waals surface area (Å²) in [6.45, 7) is 18.1. The number of hydrogen-bond donors (Lipinski definition) is 2. The van der Waals surface area contributed by atoms with Gasteiger partial charge >= 0.3 is 0 Å². The highest BCUT2D eigenvalue weighted by molar-refractivity contribution is 7.09. The molecule has 0 radical (unpaired) electrons. The molecule has 7 atom stereocenters. The van der Waals surface area contributed by atoms with Crippen LogP contribution >= 0.6 is 11.3 Å². The van der Waals surface area contributed by atoms with Crippen LogP contribution in [0.5, 0.6) is 0 Å². The van der Waals surface area contributed by atoms with E-state index in [0.717, 1.165) is 42.0 Å². The van der Waals surface area contributed by atoms with Crippen molar-refractivity contribution in [3.8, 4) is 0 Å². The largest absolute Gasteiger partial charge is 0.392 e. The van der Waals surface area contributed by atoms with Gasteiger partial charge in [-0.2, -0.15) is 0 Å². The summed E-state index contributed by atoms with van der Waals surface area (Å²) in [6.07, 6.45) is 5.61. The predicted molar refractivity (Wildman–Crippen MR) is 138 cm³/mol. The Morgan fingerprint density at radius 1 is 1.36 bits per heavy atom. The van der Waals surface area contributed by atoms with Gasteiger partial charge in [-0.05, 0) is 58.4 Å². The van der Waals surface area contributed by atoms with E-state index in [-0.39, 0.29) is 35.4 Å². The number of Topliss-reactive ketones (excluding diaryl/α,β-unsaturated/α-hetero) is 1. The van der Waals surface area contributed by atoms with Gasteiger partial charge in [0.2, 0.25) is 0 Å². The molecule has 33 heavy (non-hydrogen) atoms. The molecule has 0 aliphatic carbocycles. The lowest BCUT2D eigenvalue weighted by Gasteiger charge is -2.34. The highest BCUT2D eigenvalue weighted by atomic mass is 32.1. The molecular formula is C27H46N2O3S. The average molecular weight is 479 g/mol. The molecule has 3 N–H and O–H groups in total. The van der Waals surface area contributed by atoms with Gasteiger partial charge in [-0.15, -0.1) is 11.3 Å². The van der Waals surface area contributed by atoms with Crippen molar-refractivity contribution in [1.29, 1.82) is 0 Å². The van der Waals surface area contributed by atoms with Gasteiger partial charge in [0.15, 0.2) is 0 Å². The number of carbonyl (C=O) groups is 1. The number of aryl methyl sites for hydroxylation is 1. The second-order valence-corrected chi connectivity index (χ2v) is 12.3. The van der Waals surface area contributed by atoms with Crippen molar-refractivity contribution in [2.75, 3.05) is 0 Å². The zero-order valence-electron chi connectivity index (χ0n) is 22.1. The first kappa shape index (κ1) is 28.2. The summed E-state index contributed by atoms with van der Waals surface area (Å²) in [5.41, 5.74) is 7.77. The van der Waals surface area contributed by atoms with Gasteiger partial charge in [-0.25, -0.2) is 4.98 Å². The van der Waals surface area contributed by atoms with Gasteiger partial charge in [-0.1, -0.05) is 53.0 Å². The van der Waals surface area contributed by atoms with Crippen LogP contribution in [0.15, 0.2) is 11.0 Å². The van der Waals surface area contributed by atoms with Crippen LogP contribution in [-0.4, -0.2) is 39.7 Å². The number of ketones is 1. The van der Waals surface area contributed by atoms with Crippen LogP contribution in [0.25, 0.3) is 6.08 Å². The molecule has 1 fully saturated rings. The normalized spacial score (nSPS) is 25.9. The van der Waals surface area contributed by atoms with Crippen molar-refractivity contribution < 1.29 is 14.6 Å². The van der Waals surface area contributed by atoms with E-state index in [2.05, 4.69) is 44.1 Å². The van der Waals surface area contributed by atoms with Crippen molar-refractivity contribution in [1.82, 2.24) is 4.98 Å². The van der Waals surface area contributed by atoms with Crippen LogP contribution < -0.4 is 5.73 Å². The van der Waals surface area contributed by atoms with Crippen LogP contribution in [0.2, 0.25) is 0 Å². The third kappa shape index (κ3) is 7.20. The molecule has 5 nitrogen and oxygen atoms in total. The first-order valence-corrected chi connectivity index (χ1v) is 13.3. The number of nitrogens with zero attached hydrogens (tertiary/aromatic N) is 1. The number of epoxide rings is 1. The molecule has 0 bridgehead atoms. The first-order chi connectivity index (χ1) is 15.2. The van der Waals surface area contributed by atoms with Crippen molar-refractivity contribution in [2.45, 2.75) is 112 Å². The molecule has 188 valence electrons. The predicted octanol–water partition coefficient (Wildman–Crippen LogP) is 5.78. The number of thiazole rings is 1. The Kier molecular flexibility index (Phi) is 9.48. The molecule has 1 aliphatic rings. The van der Waals surface area contributed by atoms with Gasteiger partial charge in [0.05, 0.1) is 28.5 Å². The highest BCUT2D eigenvalue weighted by Gasteiger charge is 2.51. The molecule has 6 heteroatoms. The second-order valence-electron chi connectivity index (χ2n) is 11.2. The van der Waals surface area contributed by atoms with E-state index in [1.807, 2.05) is 27.7 Å². The standard InChI is InChI=1S/C27H46N2O3S/c1-16(18(3)19(4)25(31)26(7,8)20(5)30)11-10-12-27(9)24(32-27)14-23(28)17(2)13-22-15-33-21(6)29-22/h13,15-16,18-20,23-24,30H,10-12,14,28H2,1-9H3/b17-13+/t16-,18-,19+,20-,23-,24-,27+/m0/s1. The number of aliphatic hydroxyl groups is 1. The molecule has 0 saturated carbocycles. The van der Waals surface area contributed by atoms with Crippen molar-refractivity contribution in [3.05, 3.63) is 21.7 Å². The number of aliphatic hydroxyl groups excluding tert-OH is 1. The molecule has 2 heterocycles. The number of rotatable bonds is 13. The second kappa shape index (κ2) is 11.1. The molecule has 0 unspecified atom stereocenters. The van der Waals surface area contributed by atoms with Gasteiger partial charge in [0.1, 0.15) is 5.78 Å². The monoisotopic (exact) mass is 478 g/mol. The number of aromatic nitrogens is 1. The van der Waals surface area contributed by atoms with E-state index in [1.54, 1.807) is 18.3 Å². The molecular weight excluding hydrogens is 432 g/mol. The number of carbonyl (C=O) groups excluding carboxylic acids is 1. The summed E-state index contributed by atoms with van der Waals surface area (Å²) in [5.74, 6) is 0.789. The van der Waals surface area contributed by atoms with Crippen LogP contribution in [0.1, 0.15) is 91.8 Å². The Labute approximate surface area is 205 Å². The van der Waals surface area contributed by atoms with E-state index < -0.39 is 11.5 Å². The minimum atomic E-state index is -0.709. The van der Waals surface area contributed by atoms with E-state index >= 15 is 0 Å². The maximum Gasteiger partial charge on any atom is 0.144 e. The third-order valence-electron chi connectivity index (χ3n) is 8.21. The summed E-state index contributed by atoms with van der Waals surface area (Å²) in [4.78, 5) is 17.4. The first-order valence-electron chi connectivity index (χ1n) is 12.4. The van der Waals surface area contributed by atoms with E-state index in [1.165, 1.54) is 0 Å². The molecule has 1 aliphatic heterocycles. The average Bonchev–Trinajstić information content (AvgIpc) is 3.17. The Balaban J connectivity index is 1.79. The van der Waals surface area contributed by atoms with Crippen LogP contribution in [0.4, 0.5) is 0 Å². The van der Waals surface area contributed by atoms with Gasteiger partial charge < -0.3 is 15.6 Å². The van der Waals surface area contributed by atoms with Crippen LogP contribution in [0, 0.1) is 30.1 Å². The minimum absolute atomic E-state index is 0.0260. The van der Waals surface area contributed by atoms with Gasteiger partial charge in [0.25, 0.3) is 0 Å². The Hall–Kier alpha value is -1.08. The Bertz CT molecular complexity index is 831. The molecule has 0 amide bonds. The summed E-state index contributed by atoms with van der Waals surface area (Å²) < 4.78 is 6.08. The van der Waals surface area contributed by atoms with E-state index in [9.17, 15) is 9.90 Å². The molecule has 1 saturated heterocycles. The van der Waals surface area contributed by atoms with Crippen molar-refractivity contribution in [3.63, 3.8) is 0 Å². The zero-order chi connectivity index (χ0) is 25.1. The minimum Gasteiger partial charge on any atom is -0.392 e. The lowest BCUT2D eigenvalue weighted by molar-refractivity contribution is -0.138. The molecule has 1 aromatic rings. The van der Waals surface area contributed by atoms with Gasteiger partial charge in [0, 0.05) is 22.8 Å². The lowest BCUT2D eigenvalue weighted by atomic mass is 9.71. The van der Waals surface area contributed by atoms with Crippen molar-refractivity contribution >= 4 is 23.2 Å². The van der Waals surface area contributed by atoms with Crippen molar-refractivity contribution in [2.24, 2.45) is 28.9 Å². The fourth-order valence-corrected chi connectivity index (χ4v) is 5.14. The van der Waals surface area contributed by atoms with Crippen LogP contribution in [-0.2, 0) is 9.53 Å². The third-order valence-corrected chi connectivity index (χ3v) is 9.00. The molecule has 2 rings (SSSR count). The fourth-order valence-electron chi connectivity index (χ4n) is 4.57. The quantitative estimate of drug-likeness (QED) is 0.351. The topological polar surface area (TPSA) is 88.7 Å². The SMILES string of the molecule is C/C(=C\c1csc(C)n1)[C@@H](N)C[C@@H]1O[C@]1(C)CCC[C@H](C)[C@H](C)[C@@H](C)C(=O)C(C)(C)[C@H](C)O. The zero-order valence-corrected chi connectivity index (χ0v) is 23.0. The Morgan fingerprint density at radius 3 is 2.55 bits per heavy atom. The summed E-state index contributed by atoms with van der Waals surface area (Å²) in [5, 5.41) is 13.1. The number of nitrogens with two attached hydrogens (primary N) is 1. The Morgan fingerprint density at radius 2 is 2.00 bits per heavy atom. The van der Waals surface area contributed by atoms with Crippen LogP contribution in [0.3, 0.4) is 0 Å². The summed E-state index contributed by atoms with van der Waals surface area (Å²) in [7, 11) is 0. The summed E-state index contributed by atoms with van der Waals surface area (Å²) in [6, 6.07) is -0.0260. The van der Waals surface area contributed by atoms with E-state index in [0.29, 0.717) is 5.92 Å². The summed E-state index contributed by atoms with van der Waals surface area (Å²) >= 11 is 1.65. The molecule has 0 aromatic carbocycles. The van der Waals surface area contributed by atoms with E-state index in [4.69, 9.17) is 10.5 Å². The smallest absolute Gasteiger partial charge is 0.144 e. The highest BCUT2D eigenvalue weighted by Crippen LogP contribution is 2.44. The number of ether oxygens (including phenoxy) is 1. The fraction of sp³-hybridized carbons (Fsp3) is 0.778. The molecule has 1 aromatic heterocycles.